The topological polar surface area (TPSA) is 26.3 Å². The fourth-order valence-electron chi connectivity index (χ4n) is 2.81. The number of fused-ring (bicyclic) bond motifs is 1. The van der Waals surface area contributed by atoms with Crippen LogP contribution in [0.4, 0.5) is 0 Å². The van der Waals surface area contributed by atoms with Crippen molar-refractivity contribution < 1.29 is 9.53 Å². The number of ether oxygens (including phenoxy) is 1. The van der Waals surface area contributed by atoms with Crippen LogP contribution in [0.3, 0.4) is 0 Å². The van der Waals surface area contributed by atoms with Gasteiger partial charge in [-0.05, 0) is 61.8 Å². The number of hydrogen-bond donors (Lipinski definition) is 0. The summed E-state index contributed by atoms with van der Waals surface area (Å²) < 4.78 is 5.38. The third-order valence-electron chi connectivity index (χ3n) is 3.68. The summed E-state index contributed by atoms with van der Waals surface area (Å²) >= 11 is 0. The summed E-state index contributed by atoms with van der Waals surface area (Å²) in [6, 6.07) is 0. The molecule has 0 fully saturated rings. The average Bonchev–Trinajstić information content (AvgIpc) is 2.33. The molecule has 2 rings (SSSR count). The number of benzene rings is 1. The molecule has 2 heteroatoms. The quantitative estimate of drug-likeness (QED) is 0.713. The minimum atomic E-state index is 0.737. The van der Waals surface area contributed by atoms with Gasteiger partial charge >= 0.3 is 0 Å². The van der Waals surface area contributed by atoms with E-state index >= 15 is 0 Å². The van der Waals surface area contributed by atoms with E-state index in [0.29, 0.717) is 0 Å². The van der Waals surface area contributed by atoms with Crippen LogP contribution in [0.15, 0.2) is 0 Å². The SMILES string of the molecule is COc1c(C)c2c(c(C)c1C=O)CCCC2. The number of aldehydes is 1. The molecule has 1 aromatic carbocycles. The lowest BCUT2D eigenvalue weighted by Gasteiger charge is -2.24. The Morgan fingerprint density at radius 3 is 2.12 bits per heavy atom. The Labute approximate surface area is 96.6 Å². The van der Waals surface area contributed by atoms with Crippen LogP contribution in [0.5, 0.6) is 5.75 Å². The van der Waals surface area contributed by atoms with Crippen molar-refractivity contribution in [3.8, 4) is 5.75 Å². The first-order chi connectivity index (χ1) is 7.70. The molecule has 0 bridgehead atoms. The van der Waals surface area contributed by atoms with Crippen LogP contribution in [-0.4, -0.2) is 13.4 Å². The van der Waals surface area contributed by atoms with Gasteiger partial charge in [-0.25, -0.2) is 0 Å². The zero-order valence-electron chi connectivity index (χ0n) is 10.2. The van der Waals surface area contributed by atoms with Gasteiger partial charge in [-0.2, -0.15) is 0 Å². The van der Waals surface area contributed by atoms with Crippen LogP contribution in [0, 0.1) is 13.8 Å². The second kappa shape index (κ2) is 4.28. The van der Waals surface area contributed by atoms with Gasteiger partial charge in [0.25, 0.3) is 0 Å². The zero-order valence-corrected chi connectivity index (χ0v) is 10.2. The monoisotopic (exact) mass is 218 g/mol. The van der Waals surface area contributed by atoms with Crippen LogP contribution >= 0.6 is 0 Å². The molecule has 0 saturated heterocycles. The normalized spacial score (nSPS) is 14.4. The van der Waals surface area contributed by atoms with E-state index in [-0.39, 0.29) is 0 Å². The van der Waals surface area contributed by atoms with Crippen molar-refractivity contribution in [2.75, 3.05) is 7.11 Å². The van der Waals surface area contributed by atoms with E-state index in [9.17, 15) is 4.79 Å². The highest BCUT2D eigenvalue weighted by atomic mass is 16.5. The molecule has 86 valence electrons. The number of hydrogen-bond acceptors (Lipinski definition) is 2. The Kier molecular flexibility index (Phi) is 2.99. The van der Waals surface area contributed by atoms with E-state index in [1.54, 1.807) is 7.11 Å². The Hall–Kier alpha value is -1.31. The Morgan fingerprint density at radius 1 is 1.06 bits per heavy atom. The van der Waals surface area contributed by atoms with Gasteiger partial charge in [0, 0.05) is 0 Å². The summed E-state index contributed by atoms with van der Waals surface area (Å²) in [4.78, 5) is 11.2. The Balaban J connectivity index is 2.73. The predicted molar refractivity (Wildman–Crippen MR) is 64.5 cm³/mol. The van der Waals surface area contributed by atoms with Gasteiger partial charge in [-0.15, -0.1) is 0 Å². The minimum Gasteiger partial charge on any atom is -0.496 e. The zero-order chi connectivity index (χ0) is 11.7. The van der Waals surface area contributed by atoms with Gasteiger partial charge in [0.2, 0.25) is 0 Å². The highest BCUT2D eigenvalue weighted by Gasteiger charge is 2.21. The third-order valence-corrected chi connectivity index (χ3v) is 3.68. The van der Waals surface area contributed by atoms with E-state index in [1.165, 1.54) is 24.0 Å². The summed E-state index contributed by atoms with van der Waals surface area (Å²) in [6.07, 6.45) is 5.63. The molecule has 0 saturated carbocycles. The van der Waals surface area contributed by atoms with Crippen LogP contribution in [0.25, 0.3) is 0 Å². The molecule has 2 nitrogen and oxygen atoms in total. The number of carbonyl (C=O) groups excluding carboxylic acids is 1. The molecule has 1 aliphatic carbocycles. The van der Waals surface area contributed by atoms with Gasteiger partial charge in [0.1, 0.15) is 5.75 Å². The van der Waals surface area contributed by atoms with Crippen molar-refractivity contribution in [3.63, 3.8) is 0 Å². The molecule has 0 spiro atoms. The summed E-state index contributed by atoms with van der Waals surface area (Å²) in [7, 11) is 1.64. The molecule has 0 heterocycles. The van der Waals surface area contributed by atoms with E-state index in [1.807, 2.05) is 6.92 Å². The smallest absolute Gasteiger partial charge is 0.154 e. The molecule has 0 aromatic heterocycles. The number of carbonyl (C=O) groups is 1. The van der Waals surface area contributed by atoms with Gasteiger partial charge in [0.15, 0.2) is 6.29 Å². The van der Waals surface area contributed by atoms with Crippen molar-refractivity contribution in [3.05, 3.63) is 27.8 Å². The van der Waals surface area contributed by atoms with E-state index in [0.717, 1.165) is 41.6 Å². The first kappa shape index (κ1) is 11.2. The van der Waals surface area contributed by atoms with Crippen LogP contribution in [-0.2, 0) is 12.8 Å². The van der Waals surface area contributed by atoms with Gasteiger partial charge < -0.3 is 4.74 Å². The second-order valence-corrected chi connectivity index (χ2v) is 4.48. The maximum absolute atomic E-state index is 11.2. The van der Waals surface area contributed by atoms with Crippen molar-refractivity contribution in [2.45, 2.75) is 39.5 Å². The molecule has 0 aliphatic heterocycles. The van der Waals surface area contributed by atoms with E-state index < -0.39 is 0 Å². The van der Waals surface area contributed by atoms with Crippen molar-refractivity contribution >= 4 is 6.29 Å². The number of rotatable bonds is 2. The molecule has 16 heavy (non-hydrogen) atoms. The number of methoxy groups -OCH3 is 1. The highest BCUT2D eigenvalue weighted by Crippen LogP contribution is 2.36. The second-order valence-electron chi connectivity index (χ2n) is 4.48. The first-order valence-corrected chi connectivity index (χ1v) is 5.84. The van der Waals surface area contributed by atoms with Crippen LogP contribution in [0.2, 0.25) is 0 Å². The van der Waals surface area contributed by atoms with Gasteiger partial charge in [-0.3, -0.25) is 4.79 Å². The standard InChI is InChI=1S/C14H18O2/c1-9-11-6-4-5-7-12(11)10(2)14(16-3)13(9)8-15/h8H,4-7H2,1-3H3. The lowest BCUT2D eigenvalue weighted by atomic mass is 9.83. The third kappa shape index (κ3) is 1.53. The molecule has 0 unspecified atom stereocenters. The van der Waals surface area contributed by atoms with E-state index in [4.69, 9.17) is 4.74 Å². The first-order valence-electron chi connectivity index (χ1n) is 5.84. The molecule has 1 aliphatic rings. The molecular formula is C14H18O2. The van der Waals surface area contributed by atoms with Crippen LogP contribution < -0.4 is 4.74 Å². The summed E-state index contributed by atoms with van der Waals surface area (Å²) in [5, 5.41) is 0. The van der Waals surface area contributed by atoms with Gasteiger partial charge in [0.05, 0.1) is 12.7 Å². The average molecular weight is 218 g/mol. The highest BCUT2D eigenvalue weighted by molar-refractivity contribution is 5.84. The molecular weight excluding hydrogens is 200 g/mol. The Bertz CT molecular complexity index is 433. The molecule has 1 aromatic rings. The predicted octanol–water partition coefficient (Wildman–Crippen LogP) is 3.00. The lowest BCUT2D eigenvalue weighted by molar-refractivity contribution is 0.111. The molecule has 0 N–H and O–H groups in total. The summed E-state index contributed by atoms with van der Waals surface area (Å²) in [6.45, 7) is 4.10. The molecule has 0 atom stereocenters. The maximum atomic E-state index is 11.2. The summed E-state index contributed by atoms with van der Waals surface area (Å²) in [5.41, 5.74) is 5.80. The maximum Gasteiger partial charge on any atom is 0.154 e. The van der Waals surface area contributed by atoms with Crippen molar-refractivity contribution in [1.29, 1.82) is 0 Å². The fraction of sp³-hybridized carbons (Fsp3) is 0.500. The van der Waals surface area contributed by atoms with E-state index in [2.05, 4.69) is 6.92 Å². The molecule has 0 amide bonds. The van der Waals surface area contributed by atoms with Crippen LogP contribution in [0.1, 0.15) is 45.5 Å². The van der Waals surface area contributed by atoms with Crippen molar-refractivity contribution in [2.24, 2.45) is 0 Å². The summed E-state index contributed by atoms with van der Waals surface area (Å²) in [5.74, 6) is 0.771. The lowest BCUT2D eigenvalue weighted by Crippen LogP contribution is -2.11. The molecule has 0 radical (unpaired) electrons. The fourth-order valence-corrected chi connectivity index (χ4v) is 2.81. The largest absolute Gasteiger partial charge is 0.496 e. The van der Waals surface area contributed by atoms with Gasteiger partial charge in [-0.1, -0.05) is 0 Å². The van der Waals surface area contributed by atoms with Crippen molar-refractivity contribution in [1.82, 2.24) is 0 Å². The minimum absolute atomic E-state index is 0.737. The Morgan fingerprint density at radius 2 is 1.62 bits per heavy atom.